The smallest absolute Gasteiger partial charge is 0.236 e. The van der Waals surface area contributed by atoms with E-state index in [4.69, 9.17) is 0 Å². The summed E-state index contributed by atoms with van der Waals surface area (Å²) in [4.78, 5) is 0. The molecular weight excluding hydrogens is 435 g/mol. The van der Waals surface area contributed by atoms with Gasteiger partial charge in [0.2, 0.25) is 7.29 Å². The molecule has 7 aromatic rings. The summed E-state index contributed by atoms with van der Waals surface area (Å²) < 4.78 is 20.2. The third-order valence-corrected chi connectivity index (χ3v) is 10.3. The second-order valence-corrected chi connectivity index (χ2v) is 11.5. The standard InChI is InChI=1S/C30H19N2OP/c33-34(20-10-2-1-3-11-20)28-17-9-8-16-27(28)31-25-14-6-4-12-21(25)23-18-19-24-22-13-5-7-15-26(22)32(34)30(24)29(23)31/h1-19H. The van der Waals surface area contributed by atoms with Crippen molar-refractivity contribution in [2.75, 3.05) is 0 Å². The van der Waals surface area contributed by atoms with Gasteiger partial charge in [-0.1, -0.05) is 78.9 Å². The van der Waals surface area contributed by atoms with E-state index in [9.17, 15) is 0 Å². The molecule has 5 aromatic carbocycles. The average molecular weight is 454 g/mol. The van der Waals surface area contributed by atoms with E-state index in [1.54, 1.807) is 0 Å². The summed E-state index contributed by atoms with van der Waals surface area (Å²) in [6.07, 6.45) is 0. The third kappa shape index (κ3) is 2.03. The number of aromatic nitrogens is 2. The molecule has 8 rings (SSSR count). The zero-order valence-corrected chi connectivity index (χ0v) is 19.1. The van der Waals surface area contributed by atoms with Crippen LogP contribution < -0.4 is 10.6 Å². The fraction of sp³-hybridized carbons (Fsp3) is 0. The van der Waals surface area contributed by atoms with Gasteiger partial charge in [-0.3, -0.25) is 8.90 Å². The molecule has 3 heterocycles. The van der Waals surface area contributed by atoms with E-state index in [-0.39, 0.29) is 0 Å². The summed E-state index contributed by atoms with van der Waals surface area (Å²) in [5.74, 6) is 0. The molecule has 4 heteroatoms. The lowest BCUT2D eigenvalue weighted by molar-refractivity contribution is 0.583. The minimum atomic E-state index is -3.27. The highest BCUT2D eigenvalue weighted by Crippen LogP contribution is 2.56. The van der Waals surface area contributed by atoms with Crippen LogP contribution in [0.1, 0.15) is 0 Å². The molecule has 0 saturated carbocycles. The van der Waals surface area contributed by atoms with Gasteiger partial charge in [-0.25, -0.2) is 0 Å². The molecule has 1 aliphatic heterocycles. The molecule has 2 aromatic heterocycles. The van der Waals surface area contributed by atoms with Crippen LogP contribution in [-0.2, 0) is 4.57 Å². The summed E-state index contributed by atoms with van der Waals surface area (Å²) >= 11 is 0. The maximum atomic E-state index is 15.7. The summed E-state index contributed by atoms with van der Waals surface area (Å²) in [5, 5.41) is 6.37. The molecule has 160 valence electrons. The van der Waals surface area contributed by atoms with Gasteiger partial charge in [0.25, 0.3) is 0 Å². The molecule has 34 heavy (non-hydrogen) atoms. The predicted octanol–water partition coefficient (Wildman–Crippen LogP) is 6.98. The van der Waals surface area contributed by atoms with Gasteiger partial charge in [0.15, 0.2) is 0 Å². The van der Waals surface area contributed by atoms with Crippen LogP contribution in [0.15, 0.2) is 115 Å². The number of rotatable bonds is 1. The summed E-state index contributed by atoms with van der Waals surface area (Å²) in [6, 6.07) is 39.6. The van der Waals surface area contributed by atoms with Crippen molar-refractivity contribution in [3.63, 3.8) is 0 Å². The zero-order valence-electron chi connectivity index (χ0n) is 18.2. The molecule has 0 saturated heterocycles. The lowest BCUT2D eigenvalue weighted by Crippen LogP contribution is -2.23. The van der Waals surface area contributed by atoms with Gasteiger partial charge in [0.05, 0.1) is 33.1 Å². The molecule has 0 bridgehead atoms. The van der Waals surface area contributed by atoms with E-state index in [0.29, 0.717) is 0 Å². The molecule has 0 amide bonds. The number of benzene rings is 5. The third-order valence-electron chi connectivity index (χ3n) is 7.28. The number of nitrogens with zero attached hydrogens (tertiary/aromatic N) is 2. The van der Waals surface area contributed by atoms with Crippen molar-refractivity contribution in [3.8, 4) is 5.69 Å². The van der Waals surface area contributed by atoms with E-state index < -0.39 is 7.29 Å². The van der Waals surface area contributed by atoms with Gasteiger partial charge in [-0.15, -0.1) is 0 Å². The lowest BCUT2D eigenvalue weighted by atomic mass is 10.1. The van der Waals surface area contributed by atoms with Gasteiger partial charge in [0.1, 0.15) is 0 Å². The van der Waals surface area contributed by atoms with Crippen LogP contribution in [0, 0.1) is 0 Å². The summed E-state index contributed by atoms with van der Waals surface area (Å²) in [7, 11) is -3.27. The van der Waals surface area contributed by atoms with Crippen molar-refractivity contribution >= 4 is 61.5 Å². The SMILES string of the molecule is O=P1(c2ccccc2)c2ccccc2-n2c3ccccc3c3ccc4c5ccccc5n1c4c32. The Morgan fingerprint density at radius 2 is 1.09 bits per heavy atom. The van der Waals surface area contributed by atoms with Crippen LogP contribution in [0.4, 0.5) is 0 Å². The number of fused-ring (bicyclic) bond motifs is 8. The predicted molar refractivity (Wildman–Crippen MR) is 142 cm³/mol. The Labute approximate surface area is 195 Å². The number of para-hydroxylation sites is 3. The molecule has 0 radical (unpaired) electrons. The van der Waals surface area contributed by atoms with Crippen molar-refractivity contribution in [1.29, 1.82) is 0 Å². The first kappa shape index (κ1) is 18.4. The average Bonchev–Trinajstić information content (AvgIpc) is 3.39. The van der Waals surface area contributed by atoms with E-state index in [1.165, 1.54) is 10.8 Å². The first-order chi connectivity index (χ1) is 16.8. The van der Waals surface area contributed by atoms with Gasteiger partial charge >= 0.3 is 0 Å². The van der Waals surface area contributed by atoms with Crippen LogP contribution in [-0.4, -0.2) is 8.90 Å². The largest absolute Gasteiger partial charge is 0.306 e. The van der Waals surface area contributed by atoms with Crippen LogP contribution in [0.5, 0.6) is 0 Å². The number of hydrogen-bond acceptors (Lipinski definition) is 1. The maximum absolute atomic E-state index is 15.7. The fourth-order valence-electron chi connectivity index (χ4n) is 5.92. The van der Waals surface area contributed by atoms with Gasteiger partial charge < -0.3 is 4.57 Å². The van der Waals surface area contributed by atoms with Gasteiger partial charge in [-0.05, 0) is 36.4 Å². The summed E-state index contributed by atoms with van der Waals surface area (Å²) in [6.45, 7) is 0. The van der Waals surface area contributed by atoms with E-state index in [0.717, 1.165) is 49.1 Å². The first-order valence-corrected chi connectivity index (χ1v) is 13.2. The van der Waals surface area contributed by atoms with Crippen LogP contribution >= 0.6 is 7.29 Å². The second kappa shape index (κ2) is 6.28. The molecular formula is C30H19N2OP. The Kier molecular flexibility index (Phi) is 3.39. The van der Waals surface area contributed by atoms with Crippen molar-refractivity contribution < 1.29 is 4.57 Å². The fourth-order valence-corrected chi connectivity index (χ4v) is 8.96. The number of hydrogen-bond donors (Lipinski definition) is 0. The highest BCUT2D eigenvalue weighted by molar-refractivity contribution is 7.78. The Hall–Kier alpha value is -4.07. The first-order valence-electron chi connectivity index (χ1n) is 11.5. The Morgan fingerprint density at radius 3 is 1.88 bits per heavy atom. The molecule has 0 N–H and O–H groups in total. The van der Waals surface area contributed by atoms with Crippen LogP contribution in [0.3, 0.4) is 0 Å². The van der Waals surface area contributed by atoms with Crippen molar-refractivity contribution in [2.24, 2.45) is 0 Å². The van der Waals surface area contributed by atoms with E-state index in [2.05, 4.69) is 75.6 Å². The quantitative estimate of drug-likeness (QED) is 0.246. The van der Waals surface area contributed by atoms with Crippen LogP contribution in [0.2, 0.25) is 0 Å². The molecule has 3 nitrogen and oxygen atoms in total. The normalized spacial score (nSPS) is 17.1. The minimum absolute atomic E-state index is 0.845. The van der Waals surface area contributed by atoms with E-state index >= 15 is 4.57 Å². The maximum Gasteiger partial charge on any atom is 0.236 e. The van der Waals surface area contributed by atoms with Crippen molar-refractivity contribution in [1.82, 2.24) is 8.90 Å². The van der Waals surface area contributed by atoms with Crippen molar-refractivity contribution in [3.05, 3.63) is 115 Å². The Morgan fingerprint density at radius 1 is 0.500 bits per heavy atom. The monoisotopic (exact) mass is 454 g/mol. The highest BCUT2D eigenvalue weighted by Gasteiger charge is 2.38. The highest BCUT2D eigenvalue weighted by atomic mass is 31.2. The second-order valence-electron chi connectivity index (χ2n) is 8.94. The van der Waals surface area contributed by atoms with Gasteiger partial charge in [0, 0.05) is 26.8 Å². The molecule has 1 unspecified atom stereocenters. The molecule has 0 aliphatic carbocycles. The van der Waals surface area contributed by atoms with E-state index in [1.807, 2.05) is 48.5 Å². The van der Waals surface area contributed by atoms with Gasteiger partial charge in [-0.2, -0.15) is 0 Å². The molecule has 0 fully saturated rings. The lowest BCUT2D eigenvalue weighted by Gasteiger charge is -2.23. The summed E-state index contributed by atoms with van der Waals surface area (Å²) in [5.41, 5.74) is 5.29. The Bertz CT molecular complexity index is 2000. The topological polar surface area (TPSA) is 26.9 Å². The molecule has 1 atom stereocenters. The zero-order chi connectivity index (χ0) is 22.4. The van der Waals surface area contributed by atoms with Crippen LogP contribution in [0.25, 0.3) is 49.3 Å². The Balaban J connectivity index is 1.77. The molecule has 1 aliphatic rings. The van der Waals surface area contributed by atoms with Crippen molar-refractivity contribution in [2.45, 2.75) is 0 Å². The molecule has 0 spiro atoms. The minimum Gasteiger partial charge on any atom is -0.306 e.